The molecule has 3 aromatic carbocycles. The van der Waals surface area contributed by atoms with Crippen LogP contribution in [0.15, 0.2) is 78.9 Å². The van der Waals surface area contributed by atoms with Gasteiger partial charge in [-0.15, -0.1) is 0 Å². The summed E-state index contributed by atoms with van der Waals surface area (Å²) in [6, 6.07) is 24.4. The van der Waals surface area contributed by atoms with Gasteiger partial charge in [0, 0.05) is 0 Å². The molecule has 0 radical (unpaired) electrons. The fourth-order valence-electron chi connectivity index (χ4n) is 2.54. The van der Waals surface area contributed by atoms with E-state index in [1.54, 1.807) is 0 Å². The Labute approximate surface area is 158 Å². The van der Waals surface area contributed by atoms with Crippen molar-refractivity contribution in [2.24, 2.45) is 0 Å². The van der Waals surface area contributed by atoms with Crippen molar-refractivity contribution in [1.29, 1.82) is 0 Å². The highest BCUT2D eigenvalue weighted by atomic mass is 16.5. The number of benzene rings is 3. The third kappa shape index (κ3) is 5.25. The molecule has 0 bridgehead atoms. The van der Waals surface area contributed by atoms with Crippen LogP contribution in [0.3, 0.4) is 0 Å². The van der Waals surface area contributed by atoms with Gasteiger partial charge in [0.05, 0.1) is 24.5 Å². The highest BCUT2D eigenvalue weighted by Crippen LogP contribution is 2.29. The fourth-order valence-corrected chi connectivity index (χ4v) is 2.54. The van der Waals surface area contributed by atoms with Crippen molar-refractivity contribution in [3.63, 3.8) is 0 Å². The van der Waals surface area contributed by atoms with Crippen molar-refractivity contribution in [2.75, 3.05) is 23.8 Å². The molecule has 0 aliphatic carbocycles. The van der Waals surface area contributed by atoms with E-state index in [0.29, 0.717) is 23.8 Å². The van der Waals surface area contributed by atoms with Crippen molar-refractivity contribution >= 4 is 17.3 Å². The van der Waals surface area contributed by atoms with E-state index in [1.165, 1.54) is 0 Å². The zero-order valence-corrected chi connectivity index (χ0v) is 15.1. The zero-order chi connectivity index (χ0) is 18.9. The maximum Gasteiger partial charge on any atom is 0.243 e. The number of nitrogens with one attached hydrogen (secondary N) is 2. The summed E-state index contributed by atoms with van der Waals surface area (Å²) in [5.74, 6) is 1.88. The molecule has 0 aliphatic rings. The predicted molar refractivity (Wildman–Crippen MR) is 108 cm³/mol. The van der Waals surface area contributed by atoms with E-state index in [4.69, 9.17) is 9.47 Å². The van der Waals surface area contributed by atoms with Crippen molar-refractivity contribution in [3.05, 3.63) is 78.9 Å². The van der Waals surface area contributed by atoms with E-state index in [-0.39, 0.29) is 12.5 Å². The summed E-state index contributed by atoms with van der Waals surface area (Å²) in [6.07, 6.45) is 0. The zero-order valence-electron chi connectivity index (χ0n) is 15.1. The van der Waals surface area contributed by atoms with Gasteiger partial charge in [-0.05, 0) is 43.3 Å². The first kappa shape index (κ1) is 18.3. The summed E-state index contributed by atoms with van der Waals surface area (Å²) in [6.45, 7) is 2.55. The molecule has 0 saturated heterocycles. The van der Waals surface area contributed by atoms with Crippen LogP contribution in [-0.4, -0.2) is 19.1 Å². The molecule has 0 aromatic heterocycles. The molecule has 0 atom stereocenters. The Balaban J connectivity index is 1.63. The second-order valence-electron chi connectivity index (χ2n) is 5.74. The minimum atomic E-state index is -0.170. The van der Waals surface area contributed by atoms with Gasteiger partial charge in [-0.2, -0.15) is 0 Å². The van der Waals surface area contributed by atoms with Crippen molar-refractivity contribution in [2.45, 2.75) is 6.92 Å². The SMILES string of the molecule is CCOc1ccccc1NC(=O)CNc1ccccc1Oc1ccccc1. The van der Waals surface area contributed by atoms with Crippen LogP contribution in [0.2, 0.25) is 0 Å². The summed E-state index contributed by atoms with van der Waals surface area (Å²) in [4.78, 5) is 12.3. The van der Waals surface area contributed by atoms with Crippen LogP contribution in [-0.2, 0) is 4.79 Å². The van der Waals surface area contributed by atoms with Gasteiger partial charge < -0.3 is 20.1 Å². The smallest absolute Gasteiger partial charge is 0.243 e. The standard InChI is InChI=1S/C22H22N2O3/c1-2-26-20-14-8-7-13-19(20)24-22(25)16-23-18-12-6-9-15-21(18)27-17-10-4-3-5-11-17/h3-15,23H,2,16H2,1H3,(H,24,25). The topological polar surface area (TPSA) is 59.6 Å². The Morgan fingerprint density at radius 2 is 1.44 bits per heavy atom. The fraction of sp³-hybridized carbons (Fsp3) is 0.136. The molecule has 0 aliphatic heterocycles. The second kappa shape index (κ2) is 9.29. The second-order valence-corrected chi connectivity index (χ2v) is 5.74. The molecule has 27 heavy (non-hydrogen) atoms. The van der Waals surface area contributed by atoms with E-state index in [0.717, 1.165) is 11.4 Å². The van der Waals surface area contributed by atoms with E-state index in [9.17, 15) is 4.79 Å². The maximum absolute atomic E-state index is 12.3. The molecule has 0 unspecified atom stereocenters. The van der Waals surface area contributed by atoms with Crippen LogP contribution < -0.4 is 20.1 Å². The molecular formula is C22H22N2O3. The number of amides is 1. The lowest BCUT2D eigenvalue weighted by molar-refractivity contribution is -0.114. The number of hydrogen-bond donors (Lipinski definition) is 2. The number of ether oxygens (including phenoxy) is 2. The predicted octanol–water partition coefficient (Wildman–Crippen LogP) is 4.93. The van der Waals surface area contributed by atoms with Gasteiger partial charge >= 0.3 is 0 Å². The summed E-state index contributed by atoms with van der Waals surface area (Å²) >= 11 is 0. The van der Waals surface area contributed by atoms with Crippen LogP contribution >= 0.6 is 0 Å². The largest absolute Gasteiger partial charge is 0.492 e. The Kier molecular flexibility index (Phi) is 6.30. The van der Waals surface area contributed by atoms with Crippen molar-refractivity contribution in [3.8, 4) is 17.2 Å². The Bertz CT molecular complexity index is 881. The molecule has 3 rings (SSSR count). The first-order valence-electron chi connectivity index (χ1n) is 8.83. The van der Waals surface area contributed by atoms with Gasteiger partial charge in [0.2, 0.25) is 5.91 Å². The van der Waals surface area contributed by atoms with Gasteiger partial charge in [-0.25, -0.2) is 0 Å². The summed E-state index contributed by atoms with van der Waals surface area (Å²) in [5.41, 5.74) is 1.40. The van der Waals surface area contributed by atoms with Crippen LogP contribution in [0.25, 0.3) is 0 Å². The number of rotatable bonds is 8. The minimum Gasteiger partial charge on any atom is -0.492 e. The maximum atomic E-state index is 12.3. The van der Waals surface area contributed by atoms with E-state index < -0.39 is 0 Å². The molecule has 0 fully saturated rings. The first-order valence-corrected chi connectivity index (χ1v) is 8.83. The number of hydrogen-bond acceptors (Lipinski definition) is 4. The lowest BCUT2D eigenvalue weighted by Crippen LogP contribution is -2.22. The number of carbonyl (C=O) groups excluding carboxylic acids is 1. The lowest BCUT2D eigenvalue weighted by atomic mass is 10.2. The highest BCUT2D eigenvalue weighted by molar-refractivity contribution is 5.95. The molecule has 1 amide bonds. The highest BCUT2D eigenvalue weighted by Gasteiger charge is 2.09. The number of anilines is 2. The molecular weight excluding hydrogens is 340 g/mol. The van der Waals surface area contributed by atoms with Crippen LogP contribution in [0.5, 0.6) is 17.2 Å². The molecule has 0 saturated carbocycles. The Morgan fingerprint density at radius 3 is 2.19 bits per heavy atom. The minimum absolute atomic E-state index is 0.107. The van der Waals surface area contributed by atoms with Crippen LogP contribution in [0.1, 0.15) is 6.92 Å². The van der Waals surface area contributed by atoms with Crippen molar-refractivity contribution < 1.29 is 14.3 Å². The summed E-state index contributed by atoms with van der Waals surface area (Å²) in [5, 5.41) is 5.99. The Hall–Kier alpha value is -3.47. The van der Waals surface area contributed by atoms with Crippen LogP contribution in [0.4, 0.5) is 11.4 Å². The van der Waals surface area contributed by atoms with Gasteiger partial charge in [0.15, 0.2) is 5.75 Å². The lowest BCUT2D eigenvalue weighted by Gasteiger charge is -2.14. The number of para-hydroxylation sites is 5. The van der Waals surface area contributed by atoms with Gasteiger partial charge in [0.25, 0.3) is 0 Å². The van der Waals surface area contributed by atoms with Gasteiger partial charge in [0.1, 0.15) is 11.5 Å². The average Bonchev–Trinajstić information content (AvgIpc) is 2.70. The van der Waals surface area contributed by atoms with Crippen molar-refractivity contribution in [1.82, 2.24) is 0 Å². The summed E-state index contributed by atoms with van der Waals surface area (Å²) < 4.78 is 11.4. The molecule has 138 valence electrons. The Morgan fingerprint density at radius 1 is 0.815 bits per heavy atom. The monoisotopic (exact) mass is 362 g/mol. The average molecular weight is 362 g/mol. The van der Waals surface area contributed by atoms with E-state index >= 15 is 0 Å². The summed E-state index contributed by atoms with van der Waals surface area (Å²) in [7, 11) is 0. The molecule has 2 N–H and O–H groups in total. The van der Waals surface area contributed by atoms with Gasteiger partial charge in [-0.3, -0.25) is 4.79 Å². The molecule has 0 heterocycles. The number of carbonyl (C=O) groups is 1. The first-order chi connectivity index (χ1) is 13.3. The quantitative estimate of drug-likeness (QED) is 0.597. The molecule has 3 aromatic rings. The molecule has 5 nitrogen and oxygen atoms in total. The molecule has 0 spiro atoms. The van der Waals surface area contributed by atoms with E-state index in [1.807, 2.05) is 85.8 Å². The molecule has 5 heteroatoms. The third-order valence-corrected chi connectivity index (χ3v) is 3.76. The van der Waals surface area contributed by atoms with E-state index in [2.05, 4.69) is 10.6 Å². The normalized spacial score (nSPS) is 10.1. The van der Waals surface area contributed by atoms with Crippen LogP contribution in [0, 0.1) is 0 Å². The van der Waals surface area contributed by atoms with Gasteiger partial charge in [-0.1, -0.05) is 42.5 Å². The third-order valence-electron chi connectivity index (χ3n) is 3.76.